The van der Waals surface area contributed by atoms with E-state index >= 15 is 0 Å². The fourth-order valence-electron chi connectivity index (χ4n) is 1.03. The second kappa shape index (κ2) is 2.86. The van der Waals surface area contributed by atoms with Crippen molar-refractivity contribution >= 4 is 5.97 Å². The summed E-state index contributed by atoms with van der Waals surface area (Å²) < 4.78 is 0. The topological polar surface area (TPSA) is 37.3 Å². The Balaban J connectivity index is 2.44. The van der Waals surface area contributed by atoms with E-state index in [-0.39, 0.29) is 0 Å². The van der Waals surface area contributed by atoms with Crippen molar-refractivity contribution in [1.82, 2.24) is 0 Å². The summed E-state index contributed by atoms with van der Waals surface area (Å²) in [5, 5.41) is 8.48. The minimum atomic E-state index is -0.785. The molecule has 1 fully saturated rings. The van der Waals surface area contributed by atoms with Crippen molar-refractivity contribution in [2.24, 2.45) is 5.92 Å². The molecule has 0 aliphatic heterocycles. The van der Waals surface area contributed by atoms with Crippen LogP contribution in [0.2, 0.25) is 0 Å². The molecular weight excluding hydrogens is 128 g/mol. The van der Waals surface area contributed by atoms with Gasteiger partial charge in [0.05, 0.1) is 0 Å². The number of allylic oxidation sites excluding steroid dienone is 1. The van der Waals surface area contributed by atoms with Crippen LogP contribution in [0.4, 0.5) is 0 Å². The van der Waals surface area contributed by atoms with Gasteiger partial charge in [-0.2, -0.15) is 0 Å². The fraction of sp³-hybridized carbons (Fsp3) is 0.625. The maximum Gasteiger partial charge on any atom is 0.330 e. The zero-order chi connectivity index (χ0) is 7.56. The molecule has 0 aromatic carbocycles. The molecule has 1 aliphatic carbocycles. The van der Waals surface area contributed by atoms with Crippen LogP contribution in [0.15, 0.2) is 11.6 Å². The van der Waals surface area contributed by atoms with E-state index in [1.54, 1.807) is 6.92 Å². The Hall–Kier alpha value is -0.790. The molecule has 1 saturated carbocycles. The maximum atomic E-state index is 10.3. The number of carboxylic acids is 1. The van der Waals surface area contributed by atoms with Crippen LogP contribution in [-0.4, -0.2) is 11.1 Å². The summed E-state index contributed by atoms with van der Waals surface area (Å²) in [5.41, 5.74) is 0.490. The van der Waals surface area contributed by atoms with Gasteiger partial charge in [-0.3, -0.25) is 0 Å². The minimum Gasteiger partial charge on any atom is -0.478 e. The summed E-state index contributed by atoms with van der Waals surface area (Å²) in [6, 6.07) is 0. The summed E-state index contributed by atoms with van der Waals surface area (Å²) >= 11 is 0. The molecular formula is C8H12O2. The van der Waals surface area contributed by atoms with Gasteiger partial charge in [0.2, 0.25) is 0 Å². The third-order valence-electron chi connectivity index (χ3n) is 1.97. The van der Waals surface area contributed by atoms with Crippen LogP contribution < -0.4 is 0 Å². The van der Waals surface area contributed by atoms with Gasteiger partial charge in [0, 0.05) is 5.57 Å². The van der Waals surface area contributed by atoms with Gasteiger partial charge >= 0.3 is 5.97 Å². The van der Waals surface area contributed by atoms with Gasteiger partial charge in [-0.15, -0.1) is 0 Å². The summed E-state index contributed by atoms with van der Waals surface area (Å²) in [6.45, 7) is 1.65. The second-order valence-electron chi connectivity index (χ2n) is 2.85. The average molecular weight is 140 g/mol. The molecule has 1 rings (SSSR count). The first-order chi connectivity index (χ1) is 4.70. The van der Waals surface area contributed by atoms with E-state index in [2.05, 4.69) is 0 Å². The SMILES string of the molecule is CC(=CC1CCC1)C(=O)O. The van der Waals surface area contributed by atoms with Crippen LogP contribution in [0.1, 0.15) is 26.2 Å². The smallest absolute Gasteiger partial charge is 0.330 e. The number of carboxylic acid groups (broad SMARTS) is 1. The Bertz CT molecular complexity index is 166. The van der Waals surface area contributed by atoms with Crippen LogP contribution in [0.25, 0.3) is 0 Å². The van der Waals surface area contributed by atoms with Crippen molar-refractivity contribution < 1.29 is 9.90 Å². The van der Waals surface area contributed by atoms with Crippen LogP contribution in [-0.2, 0) is 4.79 Å². The summed E-state index contributed by atoms with van der Waals surface area (Å²) in [6.07, 6.45) is 5.47. The van der Waals surface area contributed by atoms with Crippen molar-refractivity contribution in [2.45, 2.75) is 26.2 Å². The predicted octanol–water partition coefficient (Wildman–Crippen LogP) is 1.82. The quantitative estimate of drug-likeness (QED) is 0.594. The molecule has 0 radical (unpaired) electrons. The highest BCUT2D eigenvalue weighted by atomic mass is 16.4. The standard InChI is InChI=1S/C8H12O2/c1-6(8(9)10)5-7-3-2-4-7/h5,7H,2-4H2,1H3,(H,9,10). The largest absolute Gasteiger partial charge is 0.478 e. The Morgan fingerprint density at radius 2 is 2.20 bits per heavy atom. The molecule has 0 atom stereocenters. The van der Waals surface area contributed by atoms with Gasteiger partial charge in [-0.05, 0) is 25.7 Å². The molecule has 0 unspecified atom stereocenters. The minimum absolute atomic E-state index is 0.490. The lowest BCUT2D eigenvalue weighted by Crippen LogP contribution is -2.09. The number of aliphatic carboxylic acids is 1. The Morgan fingerprint density at radius 3 is 2.50 bits per heavy atom. The van der Waals surface area contributed by atoms with Crippen LogP contribution in [0.5, 0.6) is 0 Å². The molecule has 1 aliphatic rings. The number of hydrogen-bond donors (Lipinski definition) is 1. The van der Waals surface area contributed by atoms with Gasteiger partial charge in [0.25, 0.3) is 0 Å². The molecule has 2 nitrogen and oxygen atoms in total. The van der Waals surface area contributed by atoms with E-state index in [0.29, 0.717) is 11.5 Å². The van der Waals surface area contributed by atoms with Gasteiger partial charge in [-0.25, -0.2) is 4.79 Å². The van der Waals surface area contributed by atoms with Crippen molar-refractivity contribution in [2.75, 3.05) is 0 Å². The second-order valence-corrected chi connectivity index (χ2v) is 2.85. The number of rotatable bonds is 2. The first-order valence-corrected chi connectivity index (χ1v) is 3.62. The third-order valence-corrected chi connectivity index (χ3v) is 1.97. The van der Waals surface area contributed by atoms with Crippen LogP contribution in [0.3, 0.4) is 0 Å². The highest BCUT2D eigenvalue weighted by molar-refractivity contribution is 5.85. The molecule has 1 N–H and O–H groups in total. The summed E-state index contributed by atoms with van der Waals surface area (Å²) in [5.74, 6) is -0.233. The van der Waals surface area contributed by atoms with E-state index in [1.165, 1.54) is 19.3 Å². The van der Waals surface area contributed by atoms with E-state index in [1.807, 2.05) is 6.08 Å². The molecule has 2 heteroatoms. The maximum absolute atomic E-state index is 10.3. The van der Waals surface area contributed by atoms with Crippen LogP contribution >= 0.6 is 0 Å². The van der Waals surface area contributed by atoms with Gasteiger partial charge in [0.1, 0.15) is 0 Å². The van der Waals surface area contributed by atoms with Crippen molar-refractivity contribution in [3.8, 4) is 0 Å². The molecule has 0 saturated heterocycles. The zero-order valence-corrected chi connectivity index (χ0v) is 6.13. The van der Waals surface area contributed by atoms with E-state index < -0.39 is 5.97 Å². The summed E-state index contributed by atoms with van der Waals surface area (Å²) in [4.78, 5) is 10.3. The lowest BCUT2D eigenvalue weighted by molar-refractivity contribution is -0.132. The predicted molar refractivity (Wildman–Crippen MR) is 38.7 cm³/mol. The van der Waals surface area contributed by atoms with Crippen molar-refractivity contribution in [3.63, 3.8) is 0 Å². The third kappa shape index (κ3) is 1.59. The number of carbonyl (C=O) groups is 1. The molecule has 0 aromatic rings. The van der Waals surface area contributed by atoms with E-state index in [4.69, 9.17) is 5.11 Å². The highest BCUT2D eigenvalue weighted by Gasteiger charge is 2.15. The fourth-order valence-corrected chi connectivity index (χ4v) is 1.03. The average Bonchev–Trinajstić information content (AvgIpc) is 1.77. The Morgan fingerprint density at radius 1 is 1.60 bits per heavy atom. The Labute approximate surface area is 60.6 Å². The number of hydrogen-bond acceptors (Lipinski definition) is 1. The first kappa shape index (κ1) is 7.32. The Kier molecular flexibility index (Phi) is 2.10. The molecule has 0 amide bonds. The lowest BCUT2D eigenvalue weighted by Gasteiger charge is -2.21. The monoisotopic (exact) mass is 140 g/mol. The zero-order valence-electron chi connectivity index (χ0n) is 6.13. The molecule has 56 valence electrons. The first-order valence-electron chi connectivity index (χ1n) is 3.62. The van der Waals surface area contributed by atoms with Crippen molar-refractivity contribution in [1.29, 1.82) is 0 Å². The normalized spacial score (nSPS) is 20.3. The molecule has 10 heavy (non-hydrogen) atoms. The van der Waals surface area contributed by atoms with Gasteiger partial charge in [0.15, 0.2) is 0 Å². The van der Waals surface area contributed by atoms with E-state index in [9.17, 15) is 4.79 Å². The highest BCUT2D eigenvalue weighted by Crippen LogP contribution is 2.28. The molecule has 0 spiro atoms. The lowest BCUT2D eigenvalue weighted by atomic mass is 9.84. The van der Waals surface area contributed by atoms with E-state index in [0.717, 1.165) is 0 Å². The molecule has 0 heterocycles. The van der Waals surface area contributed by atoms with Crippen LogP contribution in [0, 0.1) is 5.92 Å². The van der Waals surface area contributed by atoms with Gasteiger partial charge < -0.3 is 5.11 Å². The summed E-state index contributed by atoms with van der Waals surface area (Å²) in [7, 11) is 0. The van der Waals surface area contributed by atoms with Gasteiger partial charge in [-0.1, -0.05) is 12.5 Å². The molecule has 0 aromatic heterocycles. The molecule has 0 bridgehead atoms. The van der Waals surface area contributed by atoms with Crippen molar-refractivity contribution in [3.05, 3.63) is 11.6 Å².